The minimum absolute atomic E-state index is 0.332. The Morgan fingerprint density at radius 3 is 2.70 bits per heavy atom. The van der Waals surface area contributed by atoms with Crippen molar-refractivity contribution in [1.29, 1.82) is 0 Å². The molecule has 1 spiro atoms. The quantitative estimate of drug-likeness (QED) is 0.872. The van der Waals surface area contributed by atoms with Gasteiger partial charge in [0.1, 0.15) is 0 Å². The van der Waals surface area contributed by atoms with Crippen molar-refractivity contribution < 1.29 is 4.74 Å². The third kappa shape index (κ3) is 3.20. The lowest BCUT2D eigenvalue weighted by Crippen LogP contribution is -2.41. The molecule has 2 aromatic rings. The molecule has 5 nitrogen and oxygen atoms in total. The van der Waals surface area contributed by atoms with Crippen molar-refractivity contribution in [3.05, 3.63) is 48.5 Å². The third-order valence-electron chi connectivity index (χ3n) is 5.13. The largest absolute Gasteiger partial charge is 0.377 e. The van der Waals surface area contributed by atoms with Crippen LogP contribution < -0.4 is 4.90 Å². The van der Waals surface area contributed by atoms with Gasteiger partial charge in [-0.25, -0.2) is 9.97 Å². The van der Waals surface area contributed by atoms with Crippen molar-refractivity contribution >= 4 is 5.95 Å². The molecule has 1 atom stereocenters. The molecule has 0 N–H and O–H groups in total. The second-order valence-electron chi connectivity index (χ2n) is 6.74. The predicted molar refractivity (Wildman–Crippen MR) is 88.2 cm³/mol. The lowest BCUT2D eigenvalue weighted by atomic mass is 9.76. The summed E-state index contributed by atoms with van der Waals surface area (Å²) in [4.78, 5) is 15.2. The minimum Gasteiger partial charge on any atom is -0.377 e. The summed E-state index contributed by atoms with van der Waals surface area (Å²) in [7, 11) is 0. The second-order valence-corrected chi connectivity index (χ2v) is 6.74. The zero-order chi connectivity index (χ0) is 15.5. The highest BCUT2D eigenvalue weighted by atomic mass is 16.5. The summed E-state index contributed by atoms with van der Waals surface area (Å²) in [5.74, 6) is 0.855. The molecule has 23 heavy (non-hydrogen) atoms. The Bertz CT molecular complexity index is 626. The van der Waals surface area contributed by atoms with Gasteiger partial charge in [0.15, 0.2) is 0 Å². The van der Waals surface area contributed by atoms with Crippen LogP contribution in [0.1, 0.15) is 24.8 Å². The van der Waals surface area contributed by atoms with E-state index in [0.717, 1.165) is 51.3 Å². The SMILES string of the molecule is c1cnc(N2CCC3(CC2)COC(Cc2cccnc2)C3)nc1. The van der Waals surface area contributed by atoms with Gasteiger partial charge in [-0.3, -0.25) is 4.98 Å². The Balaban J connectivity index is 1.35. The fourth-order valence-corrected chi connectivity index (χ4v) is 3.79. The number of hydrogen-bond acceptors (Lipinski definition) is 5. The van der Waals surface area contributed by atoms with Gasteiger partial charge < -0.3 is 9.64 Å². The topological polar surface area (TPSA) is 51.1 Å². The van der Waals surface area contributed by atoms with E-state index in [2.05, 4.69) is 25.9 Å². The van der Waals surface area contributed by atoms with Crippen molar-refractivity contribution in [3.8, 4) is 0 Å². The molecule has 4 rings (SSSR count). The van der Waals surface area contributed by atoms with Gasteiger partial charge in [-0.1, -0.05) is 6.07 Å². The van der Waals surface area contributed by atoms with E-state index in [0.29, 0.717) is 11.5 Å². The number of pyridine rings is 1. The van der Waals surface area contributed by atoms with Gasteiger partial charge in [0.2, 0.25) is 5.95 Å². The Labute approximate surface area is 136 Å². The lowest BCUT2D eigenvalue weighted by Gasteiger charge is -2.38. The zero-order valence-electron chi connectivity index (χ0n) is 13.3. The first-order valence-corrected chi connectivity index (χ1v) is 8.36. The number of piperidine rings is 1. The highest BCUT2D eigenvalue weighted by Gasteiger charge is 2.42. The summed E-state index contributed by atoms with van der Waals surface area (Å²) in [6.45, 7) is 2.93. The van der Waals surface area contributed by atoms with E-state index in [9.17, 15) is 0 Å². The number of ether oxygens (including phenoxy) is 1. The van der Waals surface area contributed by atoms with E-state index < -0.39 is 0 Å². The average molecular weight is 310 g/mol. The monoisotopic (exact) mass is 310 g/mol. The fourth-order valence-electron chi connectivity index (χ4n) is 3.79. The second kappa shape index (κ2) is 6.24. The molecule has 0 aromatic carbocycles. The molecular weight excluding hydrogens is 288 g/mol. The number of nitrogens with zero attached hydrogens (tertiary/aromatic N) is 4. The lowest BCUT2D eigenvalue weighted by molar-refractivity contribution is 0.0885. The summed E-state index contributed by atoms with van der Waals surface area (Å²) in [6.07, 6.45) is 12.2. The summed E-state index contributed by atoms with van der Waals surface area (Å²) >= 11 is 0. The van der Waals surface area contributed by atoms with Crippen LogP contribution in [0.25, 0.3) is 0 Å². The van der Waals surface area contributed by atoms with E-state index >= 15 is 0 Å². The van der Waals surface area contributed by atoms with Crippen LogP contribution in [0.4, 0.5) is 5.95 Å². The maximum absolute atomic E-state index is 6.11. The normalized spacial score (nSPS) is 23.3. The molecule has 0 aliphatic carbocycles. The molecule has 2 aliphatic rings. The first-order chi connectivity index (χ1) is 11.3. The summed E-state index contributed by atoms with van der Waals surface area (Å²) < 4.78 is 6.11. The van der Waals surface area contributed by atoms with Gasteiger partial charge in [-0.05, 0) is 42.4 Å². The average Bonchev–Trinajstić information content (AvgIpc) is 2.99. The number of aromatic nitrogens is 3. The van der Waals surface area contributed by atoms with E-state index in [1.165, 1.54) is 5.56 Å². The van der Waals surface area contributed by atoms with Crippen LogP contribution in [0.5, 0.6) is 0 Å². The molecule has 1 unspecified atom stereocenters. The first kappa shape index (κ1) is 14.6. The van der Waals surface area contributed by atoms with E-state index in [4.69, 9.17) is 4.74 Å². The molecular formula is C18H22N4O. The van der Waals surface area contributed by atoms with Crippen LogP contribution in [-0.2, 0) is 11.2 Å². The maximum Gasteiger partial charge on any atom is 0.225 e. The minimum atomic E-state index is 0.332. The van der Waals surface area contributed by atoms with E-state index in [1.54, 1.807) is 0 Å². The summed E-state index contributed by atoms with van der Waals surface area (Å²) in [6, 6.07) is 6.00. The molecule has 0 saturated carbocycles. The highest BCUT2D eigenvalue weighted by Crippen LogP contribution is 2.43. The van der Waals surface area contributed by atoms with Crippen molar-refractivity contribution in [2.45, 2.75) is 31.8 Å². The van der Waals surface area contributed by atoms with Crippen LogP contribution in [0.3, 0.4) is 0 Å². The van der Waals surface area contributed by atoms with Crippen molar-refractivity contribution in [3.63, 3.8) is 0 Å². The molecule has 2 aromatic heterocycles. The summed E-state index contributed by atoms with van der Waals surface area (Å²) in [5, 5.41) is 0. The van der Waals surface area contributed by atoms with E-state index in [1.807, 2.05) is 36.9 Å². The molecule has 0 radical (unpaired) electrons. The van der Waals surface area contributed by atoms with Gasteiger partial charge in [0.25, 0.3) is 0 Å². The van der Waals surface area contributed by atoms with Gasteiger partial charge >= 0.3 is 0 Å². The van der Waals surface area contributed by atoms with Crippen LogP contribution >= 0.6 is 0 Å². The molecule has 120 valence electrons. The molecule has 4 heterocycles. The molecule has 2 saturated heterocycles. The van der Waals surface area contributed by atoms with Crippen molar-refractivity contribution in [2.24, 2.45) is 5.41 Å². The van der Waals surface area contributed by atoms with Crippen LogP contribution in [0.15, 0.2) is 43.0 Å². The fraction of sp³-hybridized carbons (Fsp3) is 0.500. The highest BCUT2D eigenvalue weighted by molar-refractivity contribution is 5.29. The van der Waals surface area contributed by atoms with Crippen LogP contribution in [0.2, 0.25) is 0 Å². The Hall–Kier alpha value is -2.01. The number of anilines is 1. The van der Waals surface area contributed by atoms with Crippen LogP contribution in [-0.4, -0.2) is 40.8 Å². The van der Waals surface area contributed by atoms with Crippen molar-refractivity contribution in [1.82, 2.24) is 15.0 Å². The van der Waals surface area contributed by atoms with Gasteiger partial charge in [0, 0.05) is 44.3 Å². The van der Waals surface area contributed by atoms with Gasteiger partial charge in [-0.15, -0.1) is 0 Å². The number of hydrogen-bond donors (Lipinski definition) is 0. The number of rotatable bonds is 3. The Morgan fingerprint density at radius 2 is 1.96 bits per heavy atom. The van der Waals surface area contributed by atoms with Crippen LogP contribution in [0, 0.1) is 5.41 Å². The van der Waals surface area contributed by atoms with Gasteiger partial charge in [-0.2, -0.15) is 0 Å². The predicted octanol–water partition coefficient (Wildman–Crippen LogP) is 2.49. The third-order valence-corrected chi connectivity index (χ3v) is 5.13. The smallest absolute Gasteiger partial charge is 0.225 e. The first-order valence-electron chi connectivity index (χ1n) is 8.36. The van der Waals surface area contributed by atoms with Crippen molar-refractivity contribution in [2.75, 3.05) is 24.6 Å². The molecule has 5 heteroatoms. The standard InChI is InChI=1S/C18H22N4O/c1-3-15(13-19-6-1)11-16-12-18(14-23-16)4-9-22(10-5-18)17-20-7-2-8-21-17/h1-3,6-8,13,16H,4-5,9-12,14H2. The van der Waals surface area contributed by atoms with Gasteiger partial charge in [0.05, 0.1) is 12.7 Å². The maximum atomic E-state index is 6.11. The molecule has 0 bridgehead atoms. The molecule has 2 aliphatic heterocycles. The molecule has 0 amide bonds. The Morgan fingerprint density at radius 1 is 1.13 bits per heavy atom. The summed E-state index contributed by atoms with van der Waals surface area (Å²) in [5.41, 5.74) is 1.61. The van der Waals surface area contributed by atoms with E-state index in [-0.39, 0.29) is 0 Å². The zero-order valence-corrected chi connectivity index (χ0v) is 13.3. The Kier molecular flexibility index (Phi) is 3.95. The molecule has 2 fully saturated rings.